The Morgan fingerprint density at radius 3 is 2.41 bits per heavy atom. The highest BCUT2D eigenvalue weighted by atomic mass is 16.3. The Balaban J connectivity index is 2.37. The van der Waals surface area contributed by atoms with Crippen LogP contribution in [-0.4, -0.2) is 36.1 Å². The monoisotopic (exact) mass is 306 g/mol. The first kappa shape index (κ1) is 18.2. The van der Waals surface area contributed by atoms with E-state index in [1.165, 1.54) is 0 Å². The molecule has 2 atom stereocenters. The highest BCUT2D eigenvalue weighted by Gasteiger charge is 2.11. The average Bonchev–Trinajstić information content (AvgIpc) is 2.44. The van der Waals surface area contributed by atoms with Crippen LogP contribution in [0, 0.1) is 19.8 Å². The summed E-state index contributed by atoms with van der Waals surface area (Å²) in [4.78, 5) is 23.7. The first-order valence-electron chi connectivity index (χ1n) is 7.59. The third kappa shape index (κ3) is 6.26. The molecule has 0 heterocycles. The van der Waals surface area contributed by atoms with Gasteiger partial charge in [-0.25, -0.2) is 0 Å². The summed E-state index contributed by atoms with van der Waals surface area (Å²) in [5.74, 6) is -0.288. The summed E-state index contributed by atoms with van der Waals surface area (Å²) in [5.41, 5.74) is 2.73. The number of hydrogen-bond donors (Lipinski definition) is 3. The summed E-state index contributed by atoms with van der Waals surface area (Å²) < 4.78 is 0. The van der Waals surface area contributed by atoms with Gasteiger partial charge in [-0.1, -0.05) is 13.0 Å². The van der Waals surface area contributed by atoms with Crippen LogP contribution in [0.15, 0.2) is 18.2 Å². The van der Waals surface area contributed by atoms with Crippen molar-refractivity contribution in [1.82, 2.24) is 10.6 Å². The Hall–Kier alpha value is -1.88. The van der Waals surface area contributed by atoms with Crippen LogP contribution in [0.1, 0.15) is 41.8 Å². The molecule has 0 aliphatic carbocycles. The topological polar surface area (TPSA) is 78.4 Å². The number of carbonyl (C=O) groups is 2. The van der Waals surface area contributed by atoms with E-state index in [2.05, 4.69) is 10.6 Å². The van der Waals surface area contributed by atoms with Crippen molar-refractivity contribution in [3.05, 3.63) is 34.9 Å². The number of amides is 2. The van der Waals surface area contributed by atoms with Crippen LogP contribution >= 0.6 is 0 Å². The lowest BCUT2D eigenvalue weighted by Gasteiger charge is -2.14. The zero-order chi connectivity index (χ0) is 16.7. The fourth-order valence-electron chi connectivity index (χ4n) is 2.16. The predicted molar refractivity (Wildman–Crippen MR) is 86.7 cm³/mol. The lowest BCUT2D eigenvalue weighted by molar-refractivity contribution is -0.120. The van der Waals surface area contributed by atoms with Crippen molar-refractivity contribution >= 4 is 11.8 Å². The molecule has 5 heteroatoms. The van der Waals surface area contributed by atoms with E-state index in [-0.39, 0.29) is 30.4 Å². The zero-order valence-corrected chi connectivity index (χ0v) is 13.8. The van der Waals surface area contributed by atoms with E-state index >= 15 is 0 Å². The number of aryl methyl sites for hydroxylation is 2. The molecule has 2 unspecified atom stereocenters. The number of aliphatic hydroxyl groups is 1. The van der Waals surface area contributed by atoms with E-state index in [9.17, 15) is 14.7 Å². The summed E-state index contributed by atoms with van der Waals surface area (Å²) in [5, 5.41) is 14.6. The highest BCUT2D eigenvalue weighted by molar-refractivity contribution is 5.96. The number of hydrogen-bond acceptors (Lipinski definition) is 3. The van der Waals surface area contributed by atoms with Crippen molar-refractivity contribution in [3.63, 3.8) is 0 Å². The van der Waals surface area contributed by atoms with Gasteiger partial charge in [-0.05, 0) is 56.4 Å². The van der Waals surface area contributed by atoms with Gasteiger partial charge in [-0.2, -0.15) is 0 Å². The van der Waals surface area contributed by atoms with E-state index in [0.29, 0.717) is 18.5 Å². The lowest BCUT2D eigenvalue weighted by atomic mass is 10.0. The minimum Gasteiger partial charge on any atom is -0.393 e. The summed E-state index contributed by atoms with van der Waals surface area (Å²) in [6, 6.07) is 5.45. The van der Waals surface area contributed by atoms with Crippen molar-refractivity contribution in [2.45, 2.75) is 40.2 Å². The second-order valence-corrected chi connectivity index (χ2v) is 5.98. The quantitative estimate of drug-likeness (QED) is 0.715. The van der Waals surface area contributed by atoms with Gasteiger partial charge in [-0.3, -0.25) is 9.59 Å². The molecule has 5 nitrogen and oxygen atoms in total. The van der Waals surface area contributed by atoms with Crippen LogP contribution in [0.25, 0.3) is 0 Å². The number of nitrogens with one attached hydrogen (secondary N) is 2. The molecular weight excluding hydrogens is 280 g/mol. The van der Waals surface area contributed by atoms with Gasteiger partial charge in [0.2, 0.25) is 5.91 Å². The van der Waals surface area contributed by atoms with Gasteiger partial charge < -0.3 is 15.7 Å². The minimum atomic E-state index is -0.378. The van der Waals surface area contributed by atoms with E-state index in [1.807, 2.05) is 32.9 Å². The lowest BCUT2D eigenvalue weighted by Crippen LogP contribution is -2.38. The summed E-state index contributed by atoms with van der Waals surface area (Å²) in [7, 11) is 0. The van der Waals surface area contributed by atoms with Crippen molar-refractivity contribution < 1.29 is 14.7 Å². The van der Waals surface area contributed by atoms with Crippen LogP contribution in [0.5, 0.6) is 0 Å². The van der Waals surface area contributed by atoms with Gasteiger partial charge in [0.05, 0.1) is 12.6 Å². The maximum absolute atomic E-state index is 12.0. The molecule has 122 valence electrons. The molecular formula is C17H26N2O3. The highest BCUT2D eigenvalue weighted by Crippen LogP contribution is 2.09. The molecule has 0 saturated heterocycles. The molecule has 0 radical (unpaired) electrons. The van der Waals surface area contributed by atoms with Gasteiger partial charge in [0, 0.05) is 12.1 Å². The first-order valence-corrected chi connectivity index (χ1v) is 7.59. The van der Waals surface area contributed by atoms with Crippen LogP contribution in [0.3, 0.4) is 0 Å². The van der Waals surface area contributed by atoms with Crippen LogP contribution in [0.2, 0.25) is 0 Å². The smallest absolute Gasteiger partial charge is 0.251 e. The number of carbonyl (C=O) groups excluding carboxylic acids is 2. The van der Waals surface area contributed by atoms with Gasteiger partial charge in [0.1, 0.15) is 0 Å². The van der Waals surface area contributed by atoms with Crippen LogP contribution < -0.4 is 10.6 Å². The molecule has 0 fully saturated rings. The molecule has 1 aromatic rings. The van der Waals surface area contributed by atoms with E-state index in [4.69, 9.17) is 0 Å². The molecule has 0 spiro atoms. The molecule has 1 rings (SSSR count). The number of aliphatic hydroxyl groups excluding tert-OH is 1. The standard InChI is InChI=1S/C17H26N2O3/c1-11(7-14(4)20)9-18-16(21)10-19-17(22)15-6-5-12(2)13(3)8-15/h5-6,8,11,14,20H,7,9-10H2,1-4H3,(H,18,21)(H,19,22). The Bertz CT molecular complexity index is 527. The van der Waals surface area contributed by atoms with Crippen molar-refractivity contribution in [2.75, 3.05) is 13.1 Å². The first-order chi connectivity index (χ1) is 10.3. The predicted octanol–water partition coefficient (Wildman–Crippen LogP) is 1.56. The Morgan fingerprint density at radius 1 is 1.14 bits per heavy atom. The van der Waals surface area contributed by atoms with Gasteiger partial charge in [0.15, 0.2) is 0 Å². The molecule has 3 N–H and O–H groups in total. The summed E-state index contributed by atoms with van der Waals surface area (Å²) in [6.45, 7) is 8.06. The van der Waals surface area contributed by atoms with Crippen molar-refractivity contribution in [3.8, 4) is 0 Å². The molecule has 0 saturated carbocycles. The minimum absolute atomic E-state index is 0.0485. The Kier molecular flexibility index (Phi) is 7.05. The van der Waals surface area contributed by atoms with Gasteiger partial charge in [0.25, 0.3) is 5.91 Å². The Morgan fingerprint density at radius 2 is 1.82 bits per heavy atom. The van der Waals surface area contributed by atoms with E-state index in [1.54, 1.807) is 13.0 Å². The molecule has 0 aromatic heterocycles. The van der Waals surface area contributed by atoms with Gasteiger partial charge in [-0.15, -0.1) is 0 Å². The number of rotatable bonds is 7. The fourth-order valence-corrected chi connectivity index (χ4v) is 2.16. The largest absolute Gasteiger partial charge is 0.393 e. The average molecular weight is 306 g/mol. The van der Waals surface area contributed by atoms with Gasteiger partial charge >= 0.3 is 0 Å². The molecule has 0 bridgehead atoms. The van der Waals surface area contributed by atoms with E-state index in [0.717, 1.165) is 11.1 Å². The SMILES string of the molecule is Cc1ccc(C(=O)NCC(=O)NCC(C)CC(C)O)cc1C. The Labute approximate surface area is 132 Å². The second-order valence-electron chi connectivity index (χ2n) is 5.98. The van der Waals surface area contributed by atoms with E-state index < -0.39 is 0 Å². The zero-order valence-electron chi connectivity index (χ0n) is 13.8. The summed E-state index contributed by atoms with van der Waals surface area (Å²) in [6.07, 6.45) is 0.256. The summed E-state index contributed by atoms with van der Waals surface area (Å²) >= 11 is 0. The van der Waals surface area contributed by atoms with Crippen molar-refractivity contribution in [2.24, 2.45) is 5.92 Å². The third-order valence-electron chi connectivity index (χ3n) is 3.57. The van der Waals surface area contributed by atoms with Crippen LogP contribution in [0.4, 0.5) is 0 Å². The second kappa shape index (κ2) is 8.54. The van der Waals surface area contributed by atoms with Crippen LogP contribution in [-0.2, 0) is 4.79 Å². The normalized spacial score (nSPS) is 13.3. The third-order valence-corrected chi connectivity index (χ3v) is 3.57. The maximum Gasteiger partial charge on any atom is 0.251 e. The molecule has 0 aliphatic rings. The molecule has 2 amide bonds. The molecule has 1 aromatic carbocycles. The maximum atomic E-state index is 12.0. The fraction of sp³-hybridized carbons (Fsp3) is 0.529. The number of benzene rings is 1. The molecule has 22 heavy (non-hydrogen) atoms. The molecule has 0 aliphatic heterocycles. The van der Waals surface area contributed by atoms with Crippen molar-refractivity contribution in [1.29, 1.82) is 0 Å².